The first-order chi connectivity index (χ1) is 11.3. The summed E-state index contributed by atoms with van der Waals surface area (Å²) in [5, 5.41) is 10.2. The average Bonchev–Trinajstić information content (AvgIpc) is 3.11. The molecule has 6 heteroatoms. The number of nitrogens with zero attached hydrogens (tertiary/aromatic N) is 2. The monoisotopic (exact) mass is 328 g/mol. The van der Waals surface area contributed by atoms with Gasteiger partial charge in [-0.3, -0.25) is 0 Å². The highest BCUT2D eigenvalue weighted by Gasteiger charge is 2.16. The molecule has 0 atom stereocenters. The Bertz CT molecular complexity index is 778. The van der Waals surface area contributed by atoms with E-state index in [9.17, 15) is 0 Å². The van der Waals surface area contributed by atoms with Gasteiger partial charge in [0, 0.05) is 11.1 Å². The van der Waals surface area contributed by atoms with Crippen molar-refractivity contribution in [3.05, 3.63) is 42.5 Å². The lowest BCUT2D eigenvalue weighted by Crippen LogP contribution is -1.95. The maximum absolute atomic E-state index is 5.38. The van der Waals surface area contributed by atoms with Gasteiger partial charge in [-0.2, -0.15) is 0 Å². The van der Waals surface area contributed by atoms with Gasteiger partial charge < -0.3 is 14.2 Å². The van der Waals surface area contributed by atoms with Crippen LogP contribution in [0.25, 0.3) is 21.1 Å². The highest BCUT2D eigenvalue weighted by molar-refractivity contribution is 7.17. The molecule has 0 bridgehead atoms. The molecule has 1 heterocycles. The van der Waals surface area contributed by atoms with Crippen molar-refractivity contribution in [1.82, 2.24) is 10.2 Å². The second kappa shape index (κ2) is 6.66. The maximum atomic E-state index is 5.38. The van der Waals surface area contributed by atoms with Gasteiger partial charge in [-0.05, 0) is 12.1 Å². The molecule has 0 N–H and O–H groups in total. The summed E-state index contributed by atoms with van der Waals surface area (Å²) in [7, 11) is 4.77. The van der Waals surface area contributed by atoms with Crippen molar-refractivity contribution in [3.8, 4) is 38.4 Å². The molecular formula is C17H16N2O3S. The summed E-state index contributed by atoms with van der Waals surface area (Å²) >= 11 is 1.52. The van der Waals surface area contributed by atoms with Crippen molar-refractivity contribution in [2.24, 2.45) is 0 Å². The molecule has 1 aromatic heterocycles. The van der Waals surface area contributed by atoms with Gasteiger partial charge in [0.05, 0.1) is 21.3 Å². The minimum Gasteiger partial charge on any atom is -0.493 e. The number of ether oxygens (including phenoxy) is 3. The molecule has 2 aromatic carbocycles. The van der Waals surface area contributed by atoms with Crippen molar-refractivity contribution in [1.29, 1.82) is 0 Å². The number of rotatable bonds is 5. The van der Waals surface area contributed by atoms with Crippen LogP contribution >= 0.6 is 11.3 Å². The van der Waals surface area contributed by atoms with E-state index in [4.69, 9.17) is 14.2 Å². The molecule has 3 rings (SSSR count). The minimum atomic E-state index is 0.562. The fourth-order valence-electron chi connectivity index (χ4n) is 2.24. The third-order valence-electron chi connectivity index (χ3n) is 3.36. The number of hydrogen-bond donors (Lipinski definition) is 0. The Morgan fingerprint density at radius 3 is 1.83 bits per heavy atom. The summed E-state index contributed by atoms with van der Waals surface area (Å²) in [6, 6.07) is 13.7. The van der Waals surface area contributed by atoms with Gasteiger partial charge in [-0.1, -0.05) is 41.7 Å². The predicted molar refractivity (Wildman–Crippen MR) is 90.4 cm³/mol. The summed E-state index contributed by atoms with van der Waals surface area (Å²) in [4.78, 5) is 0. The van der Waals surface area contributed by atoms with Crippen LogP contribution in [0.2, 0.25) is 0 Å². The summed E-state index contributed by atoms with van der Waals surface area (Å²) in [5.41, 5.74) is 1.92. The highest BCUT2D eigenvalue weighted by atomic mass is 32.1. The van der Waals surface area contributed by atoms with Gasteiger partial charge in [-0.25, -0.2) is 0 Å². The van der Waals surface area contributed by atoms with Gasteiger partial charge in [0.1, 0.15) is 10.0 Å². The third-order valence-corrected chi connectivity index (χ3v) is 4.38. The first-order valence-electron chi connectivity index (χ1n) is 6.96. The Labute approximate surface area is 138 Å². The zero-order chi connectivity index (χ0) is 16.2. The highest BCUT2D eigenvalue weighted by Crippen LogP contribution is 2.42. The number of aromatic nitrogens is 2. The van der Waals surface area contributed by atoms with Crippen LogP contribution in [0.3, 0.4) is 0 Å². The zero-order valence-electron chi connectivity index (χ0n) is 13.1. The largest absolute Gasteiger partial charge is 0.493 e. The summed E-state index contributed by atoms with van der Waals surface area (Å²) < 4.78 is 16.1. The van der Waals surface area contributed by atoms with Crippen LogP contribution in [0.4, 0.5) is 0 Å². The molecule has 0 aliphatic carbocycles. The molecule has 0 saturated carbocycles. The Hall–Kier alpha value is -2.60. The molecule has 0 radical (unpaired) electrons. The van der Waals surface area contributed by atoms with E-state index < -0.39 is 0 Å². The zero-order valence-corrected chi connectivity index (χ0v) is 13.9. The quantitative estimate of drug-likeness (QED) is 0.711. The first-order valence-corrected chi connectivity index (χ1v) is 7.77. The Morgan fingerprint density at radius 1 is 0.739 bits per heavy atom. The van der Waals surface area contributed by atoms with E-state index in [1.165, 1.54) is 11.3 Å². The van der Waals surface area contributed by atoms with E-state index in [1.54, 1.807) is 21.3 Å². The normalized spacial score (nSPS) is 10.4. The topological polar surface area (TPSA) is 53.5 Å². The first kappa shape index (κ1) is 15.3. The smallest absolute Gasteiger partial charge is 0.203 e. The fraction of sp³-hybridized carbons (Fsp3) is 0.176. The molecule has 0 aliphatic rings. The van der Waals surface area contributed by atoms with Gasteiger partial charge in [-0.15, -0.1) is 10.2 Å². The number of benzene rings is 2. The summed E-state index contributed by atoms with van der Waals surface area (Å²) in [5.74, 6) is 1.75. The van der Waals surface area contributed by atoms with Gasteiger partial charge in [0.25, 0.3) is 0 Å². The van der Waals surface area contributed by atoms with E-state index >= 15 is 0 Å². The summed E-state index contributed by atoms with van der Waals surface area (Å²) in [6.45, 7) is 0. The van der Waals surface area contributed by atoms with Crippen LogP contribution in [-0.4, -0.2) is 31.5 Å². The second-order valence-electron chi connectivity index (χ2n) is 4.69. The maximum Gasteiger partial charge on any atom is 0.203 e. The lowest BCUT2D eigenvalue weighted by molar-refractivity contribution is 0.324. The van der Waals surface area contributed by atoms with E-state index in [2.05, 4.69) is 10.2 Å². The molecule has 0 amide bonds. The van der Waals surface area contributed by atoms with Crippen molar-refractivity contribution >= 4 is 11.3 Å². The standard InChI is InChI=1S/C17H16N2O3S/c1-20-13-9-12(10-14(21-2)15(13)22-3)17-19-18-16(23-17)11-7-5-4-6-8-11/h4-10H,1-3H3. The average molecular weight is 328 g/mol. The molecule has 3 aromatic rings. The minimum absolute atomic E-state index is 0.562. The van der Waals surface area contributed by atoms with Crippen LogP contribution in [0.15, 0.2) is 42.5 Å². The molecule has 0 unspecified atom stereocenters. The van der Waals surface area contributed by atoms with Crippen LogP contribution in [-0.2, 0) is 0 Å². The molecule has 5 nitrogen and oxygen atoms in total. The molecule has 23 heavy (non-hydrogen) atoms. The lowest BCUT2D eigenvalue weighted by Gasteiger charge is -2.13. The molecule has 0 aliphatic heterocycles. The second-order valence-corrected chi connectivity index (χ2v) is 5.67. The van der Waals surface area contributed by atoms with Crippen molar-refractivity contribution in [2.45, 2.75) is 0 Å². The molecule has 118 valence electrons. The Kier molecular flexibility index (Phi) is 4.43. The third kappa shape index (κ3) is 2.98. The van der Waals surface area contributed by atoms with E-state index in [0.29, 0.717) is 17.2 Å². The van der Waals surface area contributed by atoms with Crippen molar-refractivity contribution < 1.29 is 14.2 Å². The lowest BCUT2D eigenvalue weighted by atomic mass is 10.2. The van der Waals surface area contributed by atoms with Crippen molar-refractivity contribution in [2.75, 3.05) is 21.3 Å². The Balaban J connectivity index is 2.04. The van der Waals surface area contributed by atoms with Crippen molar-refractivity contribution in [3.63, 3.8) is 0 Å². The van der Waals surface area contributed by atoms with Gasteiger partial charge in [0.2, 0.25) is 5.75 Å². The molecular weight excluding hydrogens is 312 g/mol. The molecule has 0 saturated heterocycles. The number of methoxy groups -OCH3 is 3. The van der Waals surface area contributed by atoms with Crippen LogP contribution < -0.4 is 14.2 Å². The van der Waals surface area contributed by atoms with E-state index in [0.717, 1.165) is 21.1 Å². The Morgan fingerprint density at radius 2 is 1.30 bits per heavy atom. The van der Waals surface area contributed by atoms with E-state index in [-0.39, 0.29) is 0 Å². The number of hydrogen-bond acceptors (Lipinski definition) is 6. The summed E-state index contributed by atoms with van der Waals surface area (Å²) in [6.07, 6.45) is 0. The van der Waals surface area contributed by atoms with Gasteiger partial charge >= 0.3 is 0 Å². The van der Waals surface area contributed by atoms with Crippen LogP contribution in [0.1, 0.15) is 0 Å². The van der Waals surface area contributed by atoms with E-state index in [1.807, 2.05) is 42.5 Å². The van der Waals surface area contributed by atoms with Crippen LogP contribution in [0, 0.1) is 0 Å². The SMILES string of the molecule is COc1cc(-c2nnc(-c3ccccc3)s2)cc(OC)c1OC. The van der Waals surface area contributed by atoms with Crippen LogP contribution in [0.5, 0.6) is 17.2 Å². The fourth-order valence-corrected chi connectivity index (χ4v) is 3.08. The van der Waals surface area contributed by atoms with Gasteiger partial charge in [0.15, 0.2) is 11.5 Å². The molecule has 0 fully saturated rings. The predicted octanol–water partition coefficient (Wildman–Crippen LogP) is 3.90. The molecule has 0 spiro atoms.